The van der Waals surface area contributed by atoms with Gasteiger partial charge >= 0.3 is 19.8 Å². The predicted molar refractivity (Wildman–Crippen MR) is 225 cm³/mol. The number of phosphoric acid groups is 1. The van der Waals surface area contributed by atoms with Gasteiger partial charge in [0, 0.05) is 12.8 Å². The lowest BCUT2D eigenvalue weighted by molar-refractivity contribution is -0.870. The summed E-state index contributed by atoms with van der Waals surface area (Å²) in [6.07, 6.45) is 37.1. The van der Waals surface area contributed by atoms with Crippen molar-refractivity contribution in [3.63, 3.8) is 0 Å². The Hall–Kier alpha value is -0.990. The van der Waals surface area contributed by atoms with Gasteiger partial charge in [0.2, 0.25) is 0 Å². The van der Waals surface area contributed by atoms with Crippen molar-refractivity contribution in [2.24, 2.45) is 0 Å². The molecule has 0 fully saturated rings. The molecule has 9 nitrogen and oxygen atoms in total. The Kier molecular flexibility index (Phi) is 36.9. The molecule has 322 valence electrons. The second-order valence-corrected chi connectivity index (χ2v) is 18.3. The summed E-state index contributed by atoms with van der Waals surface area (Å²) in [5.41, 5.74) is 0. The Morgan fingerprint density at radius 1 is 0.500 bits per heavy atom. The third-order valence-corrected chi connectivity index (χ3v) is 11.1. The van der Waals surface area contributed by atoms with Gasteiger partial charge in [0.15, 0.2) is 6.10 Å². The van der Waals surface area contributed by atoms with Crippen molar-refractivity contribution >= 4 is 19.8 Å². The monoisotopic (exact) mass is 791 g/mol. The number of unbranched alkanes of at least 4 members (excludes halogenated alkanes) is 28. The number of esters is 2. The van der Waals surface area contributed by atoms with Crippen molar-refractivity contribution in [1.82, 2.24) is 0 Å². The molecule has 0 heterocycles. The van der Waals surface area contributed by atoms with E-state index in [4.69, 9.17) is 18.5 Å². The molecule has 0 bridgehead atoms. The maximum Gasteiger partial charge on any atom is 0.472 e. The molecule has 0 aromatic rings. The molecule has 0 aliphatic heterocycles. The Labute approximate surface area is 334 Å². The normalized spacial score (nSPS) is 13.5. The summed E-state index contributed by atoms with van der Waals surface area (Å²) in [5.74, 6) is -0.783. The molecule has 1 unspecified atom stereocenters. The van der Waals surface area contributed by atoms with E-state index in [2.05, 4.69) is 13.8 Å². The van der Waals surface area contributed by atoms with E-state index >= 15 is 0 Å². The van der Waals surface area contributed by atoms with Gasteiger partial charge in [0.25, 0.3) is 0 Å². The van der Waals surface area contributed by atoms with E-state index in [0.29, 0.717) is 17.4 Å². The van der Waals surface area contributed by atoms with Gasteiger partial charge in [-0.05, 0) is 12.8 Å². The zero-order valence-electron chi connectivity index (χ0n) is 36.2. The fourth-order valence-corrected chi connectivity index (χ4v) is 7.29. The average Bonchev–Trinajstić information content (AvgIpc) is 3.12. The SMILES string of the molecule is CCCCCCCCCCCCCCCCCCCCC(=O)O[C@H](COC(=O)CCCCCCCCCCCCCC)COP(=O)(O)OCC[N+](C)(C)C. The Morgan fingerprint density at radius 2 is 0.833 bits per heavy atom. The molecule has 0 amide bonds. The summed E-state index contributed by atoms with van der Waals surface area (Å²) >= 11 is 0. The molecule has 10 heteroatoms. The van der Waals surface area contributed by atoms with Crippen LogP contribution >= 0.6 is 7.82 Å². The van der Waals surface area contributed by atoms with Crippen molar-refractivity contribution in [3.8, 4) is 0 Å². The number of nitrogens with zero attached hydrogens (tertiary/aromatic N) is 1. The maximum atomic E-state index is 12.7. The average molecular weight is 791 g/mol. The second-order valence-electron chi connectivity index (χ2n) is 16.8. The number of rotatable bonds is 42. The van der Waals surface area contributed by atoms with E-state index in [1.54, 1.807) is 0 Å². The van der Waals surface area contributed by atoms with Crippen molar-refractivity contribution < 1.29 is 42.1 Å². The highest BCUT2D eigenvalue weighted by molar-refractivity contribution is 7.47. The summed E-state index contributed by atoms with van der Waals surface area (Å²) in [6, 6.07) is 0. The summed E-state index contributed by atoms with van der Waals surface area (Å²) < 4.78 is 34.3. The molecule has 0 saturated carbocycles. The van der Waals surface area contributed by atoms with Crippen LogP contribution in [0.15, 0.2) is 0 Å². The molecule has 2 atom stereocenters. The highest BCUT2D eigenvalue weighted by Gasteiger charge is 2.27. The quantitative estimate of drug-likeness (QED) is 0.0282. The number of quaternary nitrogens is 1. The zero-order valence-corrected chi connectivity index (χ0v) is 37.1. The van der Waals surface area contributed by atoms with Crippen molar-refractivity contribution in [2.45, 2.75) is 225 Å². The number of hydrogen-bond acceptors (Lipinski definition) is 7. The van der Waals surface area contributed by atoms with Crippen LogP contribution in [0.4, 0.5) is 0 Å². The molecule has 0 aromatic heterocycles. The number of likely N-dealkylation sites (N-methyl/N-ethyl adjacent to an activating group) is 1. The van der Waals surface area contributed by atoms with Crippen LogP contribution in [-0.4, -0.2) is 74.9 Å². The molecule has 0 aliphatic carbocycles. The molecular weight excluding hydrogens is 701 g/mol. The fourth-order valence-electron chi connectivity index (χ4n) is 6.54. The smallest absolute Gasteiger partial charge is 0.462 e. The van der Waals surface area contributed by atoms with Crippen LogP contribution in [0, 0.1) is 0 Å². The first-order valence-electron chi connectivity index (χ1n) is 22.8. The molecular formula is C44H89NO8P+. The first kappa shape index (κ1) is 53.0. The van der Waals surface area contributed by atoms with Crippen LogP contribution < -0.4 is 0 Å². The van der Waals surface area contributed by atoms with Crippen molar-refractivity contribution in [1.29, 1.82) is 0 Å². The van der Waals surface area contributed by atoms with E-state index in [1.807, 2.05) is 21.1 Å². The van der Waals surface area contributed by atoms with Gasteiger partial charge in [-0.25, -0.2) is 4.57 Å². The first-order valence-corrected chi connectivity index (χ1v) is 24.3. The van der Waals surface area contributed by atoms with Crippen LogP contribution in [-0.2, 0) is 32.7 Å². The Morgan fingerprint density at radius 3 is 1.19 bits per heavy atom. The van der Waals surface area contributed by atoms with Crippen LogP contribution in [0.2, 0.25) is 0 Å². The Bertz CT molecular complexity index is 896. The van der Waals surface area contributed by atoms with Crippen molar-refractivity contribution in [2.75, 3.05) is 47.5 Å². The lowest BCUT2D eigenvalue weighted by Crippen LogP contribution is -2.37. The number of hydrogen-bond donors (Lipinski definition) is 1. The van der Waals surface area contributed by atoms with E-state index in [9.17, 15) is 19.0 Å². The third-order valence-electron chi connectivity index (χ3n) is 10.1. The molecule has 54 heavy (non-hydrogen) atoms. The summed E-state index contributed by atoms with van der Waals surface area (Å²) in [4.78, 5) is 35.3. The van der Waals surface area contributed by atoms with E-state index in [0.717, 1.165) is 38.5 Å². The second kappa shape index (κ2) is 37.6. The van der Waals surface area contributed by atoms with Gasteiger partial charge in [-0.1, -0.05) is 194 Å². The number of ether oxygens (including phenoxy) is 2. The minimum absolute atomic E-state index is 0.0368. The van der Waals surface area contributed by atoms with Gasteiger partial charge in [0.1, 0.15) is 19.8 Å². The molecule has 0 saturated heterocycles. The molecule has 0 radical (unpaired) electrons. The molecule has 0 spiro atoms. The minimum atomic E-state index is -4.36. The maximum absolute atomic E-state index is 12.7. The van der Waals surface area contributed by atoms with Gasteiger partial charge in [-0.3, -0.25) is 18.6 Å². The lowest BCUT2D eigenvalue weighted by Gasteiger charge is -2.24. The van der Waals surface area contributed by atoms with Gasteiger partial charge in [0.05, 0.1) is 27.7 Å². The number of carbonyl (C=O) groups excluding carboxylic acids is 2. The first-order chi connectivity index (χ1) is 26.0. The standard InChI is InChI=1S/C44H88NO8P/c1-6-8-10-12-14-16-18-20-21-22-23-24-25-27-29-31-33-35-37-44(47)53-42(41-52-54(48,49)51-39-38-45(3,4)5)40-50-43(46)36-34-32-30-28-26-19-17-15-13-11-9-7-2/h42H,6-41H2,1-5H3/p+1/t42-/m1/s1. The van der Waals surface area contributed by atoms with Gasteiger partial charge in [-0.2, -0.15) is 0 Å². The van der Waals surface area contributed by atoms with E-state index in [-0.39, 0.29) is 25.6 Å². The van der Waals surface area contributed by atoms with Crippen LogP contribution in [0.5, 0.6) is 0 Å². The fraction of sp³-hybridized carbons (Fsp3) is 0.955. The summed E-state index contributed by atoms with van der Waals surface area (Å²) in [5, 5.41) is 0. The van der Waals surface area contributed by atoms with Gasteiger partial charge < -0.3 is 18.9 Å². The minimum Gasteiger partial charge on any atom is -0.462 e. The highest BCUT2D eigenvalue weighted by Crippen LogP contribution is 2.43. The van der Waals surface area contributed by atoms with Crippen LogP contribution in [0.25, 0.3) is 0 Å². The summed E-state index contributed by atoms with van der Waals surface area (Å²) in [6.45, 7) is 4.46. The van der Waals surface area contributed by atoms with Crippen LogP contribution in [0.1, 0.15) is 219 Å². The summed E-state index contributed by atoms with van der Waals surface area (Å²) in [7, 11) is 1.49. The van der Waals surface area contributed by atoms with Crippen molar-refractivity contribution in [3.05, 3.63) is 0 Å². The zero-order chi connectivity index (χ0) is 40.0. The lowest BCUT2D eigenvalue weighted by atomic mass is 10.0. The van der Waals surface area contributed by atoms with E-state index in [1.165, 1.54) is 154 Å². The topological polar surface area (TPSA) is 108 Å². The van der Waals surface area contributed by atoms with Crippen LogP contribution in [0.3, 0.4) is 0 Å². The highest BCUT2D eigenvalue weighted by atomic mass is 31.2. The largest absolute Gasteiger partial charge is 0.472 e. The number of carbonyl (C=O) groups is 2. The molecule has 0 aliphatic rings. The molecule has 0 aromatic carbocycles. The van der Waals surface area contributed by atoms with E-state index < -0.39 is 26.5 Å². The number of phosphoric ester groups is 1. The molecule has 0 rings (SSSR count). The predicted octanol–water partition coefficient (Wildman–Crippen LogP) is 12.8. The Balaban J connectivity index is 4.27. The van der Waals surface area contributed by atoms with Gasteiger partial charge in [-0.15, -0.1) is 0 Å². The molecule has 1 N–H and O–H groups in total. The third kappa shape index (κ3) is 40.7.